The Morgan fingerprint density at radius 1 is 1.08 bits per heavy atom. The molecule has 1 heterocycles. The summed E-state index contributed by atoms with van der Waals surface area (Å²) in [5.74, 6) is -4.86. The van der Waals surface area contributed by atoms with E-state index in [4.69, 9.17) is 0 Å². The third kappa shape index (κ3) is 4.69. The predicted octanol–water partition coefficient (Wildman–Crippen LogP) is 3.95. The zero-order chi connectivity index (χ0) is 18.6. The number of rotatable bonds is 5. The van der Waals surface area contributed by atoms with Gasteiger partial charge < -0.3 is 0 Å². The third-order valence-corrected chi connectivity index (χ3v) is 3.84. The summed E-state index contributed by atoms with van der Waals surface area (Å²) in [7, 11) is 0. The Labute approximate surface area is 142 Å². The number of amides is 1. The van der Waals surface area contributed by atoms with Gasteiger partial charge in [0, 0.05) is 0 Å². The molecule has 0 aliphatic carbocycles. The van der Waals surface area contributed by atoms with Crippen LogP contribution in [-0.4, -0.2) is 23.6 Å². The van der Waals surface area contributed by atoms with Crippen LogP contribution in [0.5, 0.6) is 0 Å². The molecule has 2 rings (SSSR count). The SMILES string of the molecule is O=C(C/C(=N/NC(=O)c1c(F)cccc1F)C(F)(F)F)c1cccs1. The molecule has 0 saturated heterocycles. The van der Waals surface area contributed by atoms with Gasteiger partial charge in [0.2, 0.25) is 0 Å². The van der Waals surface area contributed by atoms with E-state index in [1.54, 1.807) is 0 Å². The molecular weight excluding hydrogens is 367 g/mol. The first kappa shape index (κ1) is 18.7. The molecule has 0 aliphatic rings. The molecular formula is C15H9F5N2O2S. The largest absolute Gasteiger partial charge is 0.431 e. The van der Waals surface area contributed by atoms with Crippen molar-refractivity contribution in [2.45, 2.75) is 12.6 Å². The highest BCUT2D eigenvalue weighted by molar-refractivity contribution is 7.12. The van der Waals surface area contributed by atoms with E-state index in [-0.39, 0.29) is 4.88 Å². The number of hydrogen-bond donors (Lipinski definition) is 1. The fourth-order valence-electron chi connectivity index (χ4n) is 1.77. The molecule has 4 nitrogen and oxygen atoms in total. The highest BCUT2D eigenvalue weighted by atomic mass is 32.1. The van der Waals surface area contributed by atoms with Crippen molar-refractivity contribution in [1.82, 2.24) is 5.43 Å². The van der Waals surface area contributed by atoms with Gasteiger partial charge in [0.05, 0.1) is 11.3 Å². The number of halogens is 5. The lowest BCUT2D eigenvalue weighted by Gasteiger charge is -2.10. The molecule has 132 valence electrons. The number of Topliss-reactive ketones (excluding diaryl/α,β-unsaturated/α-hetero) is 1. The number of carbonyl (C=O) groups excluding carboxylic acids is 2. The number of alkyl halides is 3. The summed E-state index contributed by atoms with van der Waals surface area (Å²) in [5, 5.41) is 4.36. The van der Waals surface area contributed by atoms with Gasteiger partial charge in [-0.3, -0.25) is 9.59 Å². The lowest BCUT2D eigenvalue weighted by molar-refractivity contribution is -0.0605. The molecule has 0 bridgehead atoms. The van der Waals surface area contributed by atoms with Gasteiger partial charge in [-0.1, -0.05) is 12.1 Å². The molecule has 0 radical (unpaired) electrons. The topological polar surface area (TPSA) is 58.5 Å². The molecule has 10 heteroatoms. The molecule has 1 N–H and O–H groups in total. The smallest absolute Gasteiger partial charge is 0.293 e. The molecule has 0 unspecified atom stereocenters. The van der Waals surface area contributed by atoms with Crippen molar-refractivity contribution >= 4 is 28.7 Å². The zero-order valence-electron chi connectivity index (χ0n) is 12.2. The van der Waals surface area contributed by atoms with Crippen LogP contribution in [0.1, 0.15) is 26.5 Å². The van der Waals surface area contributed by atoms with E-state index < -0.39 is 47.2 Å². The Balaban J connectivity index is 2.21. The standard InChI is InChI=1S/C15H9F5N2O2S/c16-8-3-1-4-9(17)13(8)14(24)22-21-12(15(18,19)20)7-10(23)11-5-2-6-25-11/h1-6H,7H2,(H,22,24)/b21-12-. The molecule has 25 heavy (non-hydrogen) atoms. The summed E-state index contributed by atoms with van der Waals surface area (Å²) in [6.07, 6.45) is -6.13. The Morgan fingerprint density at radius 2 is 1.72 bits per heavy atom. The van der Waals surface area contributed by atoms with E-state index in [1.165, 1.54) is 22.9 Å². The van der Waals surface area contributed by atoms with Crippen molar-refractivity contribution in [2.24, 2.45) is 5.10 Å². The predicted molar refractivity (Wildman–Crippen MR) is 80.6 cm³/mol. The van der Waals surface area contributed by atoms with Crippen LogP contribution >= 0.6 is 11.3 Å². The number of carbonyl (C=O) groups is 2. The van der Waals surface area contributed by atoms with Crippen LogP contribution in [0, 0.1) is 11.6 Å². The average molecular weight is 376 g/mol. The second kappa shape index (κ2) is 7.51. The minimum absolute atomic E-state index is 0.0865. The first-order valence-electron chi connectivity index (χ1n) is 6.65. The number of hydrazone groups is 1. The second-order valence-electron chi connectivity index (χ2n) is 4.67. The van der Waals surface area contributed by atoms with E-state index in [9.17, 15) is 31.5 Å². The monoisotopic (exact) mass is 376 g/mol. The minimum atomic E-state index is -5.01. The van der Waals surface area contributed by atoms with E-state index in [0.29, 0.717) is 0 Å². The molecule has 0 spiro atoms. The molecule has 1 aromatic heterocycles. The summed E-state index contributed by atoms with van der Waals surface area (Å²) >= 11 is 0.950. The Bertz CT molecular complexity index is 796. The summed E-state index contributed by atoms with van der Waals surface area (Å²) in [6.45, 7) is 0. The number of nitrogens with zero attached hydrogens (tertiary/aromatic N) is 1. The molecule has 2 aromatic rings. The maximum absolute atomic E-state index is 13.4. The van der Waals surface area contributed by atoms with E-state index >= 15 is 0 Å². The van der Waals surface area contributed by atoms with Crippen molar-refractivity contribution in [3.8, 4) is 0 Å². The van der Waals surface area contributed by atoms with Gasteiger partial charge in [0.25, 0.3) is 5.91 Å². The number of hydrogen-bond acceptors (Lipinski definition) is 4. The fraction of sp³-hybridized carbons (Fsp3) is 0.133. The summed E-state index contributed by atoms with van der Waals surface area (Å²) in [4.78, 5) is 23.6. The Hall–Kier alpha value is -2.62. The highest BCUT2D eigenvalue weighted by Gasteiger charge is 2.37. The Morgan fingerprint density at radius 3 is 2.24 bits per heavy atom. The third-order valence-electron chi connectivity index (χ3n) is 2.93. The van der Waals surface area contributed by atoms with E-state index in [0.717, 1.165) is 29.5 Å². The summed E-state index contributed by atoms with van der Waals surface area (Å²) in [5.41, 5.74) is -1.22. The van der Waals surface area contributed by atoms with Crippen LogP contribution in [0.15, 0.2) is 40.8 Å². The molecule has 1 amide bonds. The first-order chi connectivity index (χ1) is 11.7. The normalized spacial score (nSPS) is 12.1. The maximum atomic E-state index is 13.4. The van der Waals surface area contributed by atoms with Crippen LogP contribution in [-0.2, 0) is 0 Å². The zero-order valence-corrected chi connectivity index (χ0v) is 13.0. The van der Waals surface area contributed by atoms with Crippen molar-refractivity contribution in [3.05, 3.63) is 57.8 Å². The first-order valence-corrected chi connectivity index (χ1v) is 7.53. The van der Waals surface area contributed by atoms with Gasteiger partial charge in [0.15, 0.2) is 5.78 Å². The van der Waals surface area contributed by atoms with Crippen LogP contribution in [0.4, 0.5) is 22.0 Å². The molecule has 1 aromatic carbocycles. The molecule has 0 aliphatic heterocycles. The van der Waals surface area contributed by atoms with Gasteiger partial charge in [0.1, 0.15) is 22.9 Å². The molecule has 0 atom stereocenters. The van der Waals surface area contributed by atoms with Gasteiger partial charge >= 0.3 is 6.18 Å². The Kier molecular flexibility index (Phi) is 5.62. The van der Waals surface area contributed by atoms with Gasteiger partial charge in [-0.05, 0) is 23.6 Å². The quantitative estimate of drug-likeness (QED) is 0.372. The number of thiophene rings is 1. The maximum Gasteiger partial charge on any atom is 0.431 e. The number of ketones is 1. The molecule has 0 saturated carbocycles. The van der Waals surface area contributed by atoms with Crippen molar-refractivity contribution in [3.63, 3.8) is 0 Å². The summed E-state index contributed by atoms with van der Waals surface area (Å²) < 4.78 is 65.7. The van der Waals surface area contributed by atoms with Gasteiger partial charge in [-0.2, -0.15) is 18.3 Å². The van der Waals surface area contributed by atoms with Crippen LogP contribution < -0.4 is 5.43 Å². The lowest BCUT2D eigenvalue weighted by Crippen LogP contribution is -2.30. The van der Waals surface area contributed by atoms with Gasteiger partial charge in [-0.25, -0.2) is 14.2 Å². The number of nitrogens with one attached hydrogen (secondary N) is 1. The van der Waals surface area contributed by atoms with Crippen LogP contribution in [0.25, 0.3) is 0 Å². The van der Waals surface area contributed by atoms with Crippen molar-refractivity contribution < 1.29 is 31.5 Å². The highest BCUT2D eigenvalue weighted by Crippen LogP contribution is 2.22. The summed E-state index contributed by atoms with van der Waals surface area (Å²) in [6, 6.07) is 5.37. The van der Waals surface area contributed by atoms with Crippen LogP contribution in [0.2, 0.25) is 0 Å². The van der Waals surface area contributed by atoms with E-state index in [1.807, 2.05) is 0 Å². The van der Waals surface area contributed by atoms with Crippen LogP contribution in [0.3, 0.4) is 0 Å². The van der Waals surface area contributed by atoms with E-state index in [2.05, 4.69) is 5.10 Å². The molecule has 0 fully saturated rings. The number of benzene rings is 1. The fourth-order valence-corrected chi connectivity index (χ4v) is 2.43. The minimum Gasteiger partial charge on any atom is -0.293 e. The van der Waals surface area contributed by atoms with Crippen molar-refractivity contribution in [2.75, 3.05) is 0 Å². The lowest BCUT2D eigenvalue weighted by atomic mass is 10.1. The second-order valence-corrected chi connectivity index (χ2v) is 5.62. The average Bonchev–Trinajstić information content (AvgIpc) is 3.04. The van der Waals surface area contributed by atoms with Gasteiger partial charge in [-0.15, -0.1) is 11.3 Å². The van der Waals surface area contributed by atoms with Crippen molar-refractivity contribution in [1.29, 1.82) is 0 Å².